The van der Waals surface area contributed by atoms with Crippen LogP contribution in [0.1, 0.15) is 38.3 Å². The van der Waals surface area contributed by atoms with Crippen molar-refractivity contribution in [3.05, 3.63) is 53.9 Å². The van der Waals surface area contributed by atoms with Gasteiger partial charge in [0.2, 0.25) is 5.17 Å². The summed E-state index contributed by atoms with van der Waals surface area (Å²) < 4.78 is 7.17. The molecule has 0 saturated carbocycles. The van der Waals surface area contributed by atoms with Gasteiger partial charge in [0.15, 0.2) is 5.84 Å². The van der Waals surface area contributed by atoms with Crippen LogP contribution in [-0.4, -0.2) is 38.6 Å². The summed E-state index contributed by atoms with van der Waals surface area (Å²) in [6.07, 6.45) is 7.77. The number of amidine groups is 2. The molecule has 30 heavy (non-hydrogen) atoms. The lowest BCUT2D eigenvalue weighted by molar-refractivity contribution is -0.114. The fourth-order valence-corrected chi connectivity index (χ4v) is 4.22. The Morgan fingerprint density at radius 2 is 2.00 bits per heavy atom. The second kappa shape index (κ2) is 8.71. The molecule has 8 heteroatoms. The molecule has 0 bridgehead atoms. The van der Waals surface area contributed by atoms with Crippen molar-refractivity contribution in [3.8, 4) is 11.4 Å². The van der Waals surface area contributed by atoms with E-state index in [1.807, 2.05) is 47.2 Å². The molecular weight excluding hydrogens is 398 g/mol. The van der Waals surface area contributed by atoms with Crippen molar-refractivity contribution in [2.45, 2.75) is 32.6 Å². The summed E-state index contributed by atoms with van der Waals surface area (Å²) in [5, 5.41) is 15.9. The summed E-state index contributed by atoms with van der Waals surface area (Å²) >= 11 is 1.39. The van der Waals surface area contributed by atoms with Crippen molar-refractivity contribution >= 4 is 39.8 Å². The Hall–Kier alpha value is -3.13. The van der Waals surface area contributed by atoms with Gasteiger partial charge in [0, 0.05) is 17.6 Å². The average molecular weight is 422 g/mol. The first-order valence-electron chi connectivity index (χ1n) is 9.91. The number of hydrogen-bond donors (Lipinski definition) is 1. The molecule has 1 amide bonds. The van der Waals surface area contributed by atoms with Gasteiger partial charge in [0.1, 0.15) is 10.8 Å². The van der Waals surface area contributed by atoms with E-state index in [0.717, 1.165) is 47.9 Å². The number of nitrogens with zero attached hydrogens (tertiary/aromatic N) is 4. The minimum Gasteiger partial charge on any atom is -0.497 e. The van der Waals surface area contributed by atoms with E-state index in [0.29, 0.717) is 5.17 Å². The van der Waals surface area contributed by atoms with Gasteiger partial charge in [-0.25, -0.2) is 0 Å². The third-order valence-corrected chi connectivity index (χ3v) is 5.88. The van der Waals surface area contributed by atoms with Gasteiger partial charge in [-0.1, -0.05) is 19.8 Å². The highest BCUT2D eigenvalue weighted by Gasteiger charge is 2.35. The van der Waals surface area contributed by atoms with E-state index in [4.69, 9.17) is 10.1 Å². The molecule has 7 nitrogen and oxygen atoms in total. The van der Waals surface area contributed by atoms with Gasteiger partial charge in [-0.2, -0.15) is 15.1 Å². The molecule has 0 spiro atoms. The smallest absolute Gasteiger partial charge is 0.283 e. The van der Waals surface area contributed by atoms with Gasteiger partial charge in [0.25, 0.3) is 5.91 Å². The van der Waals surface area contributed by atoms with Crippen molar-refractivity contribution in [2.75, 3.05) is 7.11 Å². The molecule has 1 aromatic carbocycles. The van der Waals surface area contributed by atoms with Crippen LogP contribution < -0.4 is 4.74 Å². The lowest BCUT2D eigenvalue weighted by Crippen LogP contribution is -2.35. The topological polar surface area (TPSA) is 83.0 Å². The molecule has 0 atom stereocenters. The third kappa shape index (κ3) is 3.95. The summed E-state index contributed by atoms with van der Waals surface area (Å²) in [7, 11) is 1.63. The van der Waals surface area contributed by atoms with Crippen LogP contribution in [0.4, 0.5) is 0 Å². The Morgan fingerprint density at radius 1 is 1.20 bits per heavy atom. The number of aromatic nitrogens is 1. The third-order valence-electron chi connectivity index (χ3n) is 4.91. The second-order valence-corrected chi connectivity index (χ2v) is 8.01. The maximum atomic E-state index is 12.7. The summed E-state index contributed by atoms with van der Waals surface area (Å²) in [6.45, 7) is 2.16. The van der Waals surface area contributed by atoms with Crippen LogP contribution in [0.5, 0.6) is 5.75 Å². The van der Waals surface area contributed by atoms with Crippen LogP contribution in [0.15, 0.2) is 58.3 Å². The first kappa shape index (κ1) is 20.2. The highest BCUT2D eigenvalue weighted by molar-refractivity contribution is 8.26. The van der Waals surface area contributed by atoms with E-state index in [1.165, 1.54) is 16.8 Å². The molecular formula is C22H23N5O2S. The van der Waals surface area contributed by atoms with E-state index in [9.17, 15) is 4.79 Å². The molecule has 0 saturated heterocycles. The monoisotopic (exact) mass is 421 g/mol. The van der Waals surface area contributed by atoms with Crippen molar-refractivity contribution in [2.24, 2.45) is 10.1 Å². The zero-order valence-corrected chi connectivity index (χ0v) is 17.8. The Labute approximate surface area is 179 Å². The zero-order chi connectivity index (χ0) is 21.1. The quantitative estimate of drug-likeness (QED) is 0.519. The number of hydrazone groups is 1. The fraction of sp³-hybridized carbons (Fsp3) is 0.273. The van der Waals surface area contributed by atoms with Crippen molar-refractivity contribution < 1.29 is 9.53 Å². The molecule has 2 aliphatic rings. The molecule has 2 aromatic rings. The predicted octanol–water partition coefficient (Wildman–Crippen LogP) is 4.69. The maximum absolute atomic E-state index is 12.7. The number of nitrogens with one attached hydrogen (secondary N) is 1. The van der Waals surface area contributed by atoms with Crippen LogP contribution in [0, 0.1) is 5.41 Å². The number of fused-ring (bicyclic) bond motifs is 1. The Morgan fingerprint density at radius 3 is 2.73 bits per heavy atom. The largest absolute Gasteiger partial charge is 0.497 e. The normalized spacial score (nSPS) is 17.3. The van der Waals surface area contributed by atoms with Crippen LogP contribution in [0.25, 0.3) is 11.8 Å². The van der Waals surface area contributed by atoms with Crippen molar-refractivity contribution in [1.82, 2.24) is 9.58 Å². The predicted molar refractivity (Wildman–Crippen MR) is 121 cm³/mol. The van der Waals surface area contributed by atoms with Gasteiger partial charge in [-0.3, -0.25) is 10.2 Å². The molecule has 0 unspecified atom stereocenters. The van der Waals surface area contributed by atoms with Crippen molar-refractivity contribution in [3.63, 3.8) is 0 Å². The molecule has 2 aliphatic heterocycles. The lowest BCUT2D eigenvalue weighted by Gasteiger charge is -2.20. The minimum absolute atomic E-state index is 0.0606. The maximum Gasteiger partial charge on any atom is 0.283 e. The summed E-state index contributed by atoms with van der Waals surface area (Å²) in [5.41, 5.74) is 1.94. The Bertz CT molecular complexity index is 1070. The number of carbonyl (C=O) groups is 1. The first-order valence-corrected chi connectivity index (χ1v) is 10.7. The van der Waals surface area contributed by atoms with E-state index >= 15 is 0 Å². The van der Waals surface area contributed by atoms with Gasteiger partial charge in [0.05, 0.1) is 12.7 Å². The molecule has 4 rings (SSSR count). The SMILES string of the molecule is CCCCCC1=NN2C(=N)/C(=C/c3cccn3-c3ccc(OC)cc3)C(=O)N=C2S1. The number of thioether (sulfide) groups is 1. The first-order chi connectivity index (χ1) is 14.6. The van der Waals surface area contributed by atoms with Gasteiger partial charge in [-0.05, 0) is 67.1 Å². The number of unbranched alkanes of at least 4 members (excludes halogenated alkanes) is 2. The molecule has 3 heterocycles. The van der Waals surface area contributed by atoms with Gasteiger partial charge in [-0.15, -0.1) is 0 Å². The summed E-state index contributed by atoms with van der Waals surface area (Å²) in [4.78, 5) is 16.8. The highest BCUT2D eigenvalue weighted by Crippen LogP contribution is 2.30. The number of hydrogen-bond acceptors (Lipinski definition) is 5. The highest BCUT2D eigenvalue weighted by atomic mass is 32.2. The van der Waals surface area contributed by atoms with E-state index in [-0.39, 0.29) is 11.4 Å². The Balaban J connectivity index is 1.60. The Kier molecular flexibility index (Phi) is 5.85. The molecule has 0 aliphatic carbocycles. The van der Waals surface area contributed by atoms with E-state index < -0.39 is 5.91 Å². The number of carbonyl (C=O) groups excluding carboxylic acids is 1. The lowest BCUT2D eigenvalue weighted by atomic mass is 10.1. The molecule has 154 valence electrons. The number of ether oxygens (including phenoxy) is 1. The van der Waals surface area contributed by atoms with E-state index in [2.05, 4.69) is 17.0 Å². The standard InChI is InChI=1S/C22H23N5O2S/c1-3-4-5-8-19-25-27-20(23)18(21(28)24-22(27)30-19)14-16-7-6-13-26(16)15-9-11-17(29-2)12-10-15/h6-7,9-14,23H,3-5,8H2,1-2H3/b18-14-,23-20?. The van der Waals surface area contributed by atoms with Crippen LogP contribution in [-0.2, 0) is 4.79 Å². The second-order valence-electron chi connectivity index (χ2n) is 6.97. The molecule has 0 fully saturated rings. The number of rotatable bonds is 7. The van der Waals surface area contributed by atoms with Crippen LogP contribution in [0.2, 0.25) is 0 Å². The zero-order valence-electron chi connectivity index (χ0n) is 17.0. The summed E-state index contributed by atoms with van der Waals surface area (Å²) in [5.74, 6) is 0.424. The van der Waals surface area contributed by atoms with Crippen LogP contribution >= 0.6 is 11.8 Å². The van der Waals surface area contributed by atoms with Gasteiger partial charge < -0.3 is 9.30 Å². The number of amides is 1. The minimum atomic E-state index is -0.411. The van der Waals surface area contributed by atoms with Crippen LogP contribution in [0.3, 0.4) is 0 Å². The van der Waals surface area contributed by atoms with E-state index in [1.54, 1.807) is 13.2 Å². The summed E-state index contributed by atoms with van der Waals surface area (Å²) in [6, 6.07) is 11.4. The van der Waals surface area contributed by atoms with Gasteiger partial charge >= 0.3 is 0 Å². The average Bonchev–Trinajstić information content (AvgIpc) is 3.38. The molecule has 1 N–H and O–H groups in total. The number of benzene rings is 1. The molecule has 1 aromatic heterocycles. The number of aliphatic imine (C=N–C) groups is 1. The molecule has 0 radical (unpaired) electrons. The number of methoxy groups -OCH3 is 1. The van der Waals surface area contributed by atoms with Crippen molar-refractivity contribution in [1.29, 1.82) is 5.41 Å². The fourth-order valence-electron chi connectivity index (χ4n) is 3.30.